The van der Waals surface area contributed by atoms with E-state index >= 15 is 0 Å². The Kier molecular flexibility index (Phi) is 4.80. The first-order valence-electron chi connectivity index (χ1n) is 8.23. The molecule has 0 amide bonds. The maximum absolute atomic E-state index is 11.1. The Labute approximate surface area is 133 Å². The lowest BCUT2D eigenvalue weighted by Crippen LogP contribution is -2.55. The molecule has 21 heavy (non-hydrogen) atoms. The third-order valence-corrected chi connectivity index (χ3v) is 12.6. The fourth-order valence-electron chi connectivity index (χ4n) is 3.65. The predicted molar refractivity (Wildman–Crippen MR) is 95.2 cm³/mol. The Balaban J connectivity index is 2.03. The van der Waals surface area contributed by atoms with Crippen LogP contribution in [-0.2, 0) is 8.23 Å². The van der Waals surface area contributed by atoms with Gasteiger partial charge >= 0.3 is 8.80 Å². The molecule has 6 heteroatoms. The van der Waals surface area contributed by atoms with Crippen LogP contribution in [0, 0.1) is 11.3 Å². The van der Waals surface area contributed by atoms with Crippen LogP contribution in [0.4, 0.5) is 0 Å². The first-order valence-corrected chi connectivity index (χ1v) is 17.0. The number of fused-ring (bicyclic) bond motifs is 2. The molecule has 0 aromatic rings. The van der Waals surface area contributed by atoms with Gasteiger partial charge in [0.2, 0.25) is 0 Å². The molecule has 3 nitrogen and oxygen atoms in total. The molecule has 2 aliphatic rings. The Morgan fingerprint density at radius 1 is 1.10 bits per heavy atom. The van der Waals surface area contributed by atoms with Crippen molar-refractivity contribution in [3.8, 4) is 0 Å². The largest absolute Gasteiger partial charge is 0.477 e. The van der Waals surface area contributed by atoms with Crippen LogP contribution in [0.2, 0.25) is 45.3 Å². The average Bonchev–Trinajstić information content (AvgIpc) is 2.81. The third kappa shape index (κ3) is 5.14. The number of allylic oxidation sites excluding steroid dienone is 2. The van der Waals surface area contributed by atoms with E-state index in [1.165, 1.54) is 19.3 Å². The summed E-state index contributed by atoms with van der Waals surface area (Å²) < 4.78 is 12.4. The second-order valence-electron chi connectivity index (χ2n) is 8.87. The van der Waals surface area contributed by atoms with E-state index in [4.69, 9.17) is 8.23 Å². The van der Waals surface area contributed by atoms with Gasteiger partial charge < -0.3 is 13.0 Å². The molecule has 122 valence electrons. The Hall–Kier alpha value is 0.271. The number of hydrogen-bond donors (Lipinski definition) is 1. The van der Waals surface area contributed by atoms with E-state index in [1.54, 1.807) is 0 Å². The van der Waals surface area contributed by atoms with Crippen molar-refractivity contribution in [2.24, 2.45) is 11.3 Å². The van der Waals surface area contributed by atoms with Gasteiger partial charge in [-0.3, -0.25) is 0 Å². The lowest BCUT2D eigenvalue weighted by atomic mass is 9.85. The standard InChI is InChI=1S/C15H32O3Si3/c1-19(2,3)17-21(16,18-20(4,5)6)12-11-15-9-7-14(13-15)8-10-15/h7,9,14,16H,8,10-13H2,1-6H3. The van der Waals surface area contributed by atoms with E-state index in [9.17, 15) is 4.80 Å². The summed E-state index contributed by atoms with van der Waals surface area (Å²) in [7, 11) is -6.65. The Morgan fingerprint density at radius 2 is 1.67 bits per heavy atom. The first kappa shape index (κ1) is 17.6. The molecule has 2 aliphatic carbocycles. The highest BCUT2D eigenvalue weighted by molar-refractivity contribution is 6.85. The van der Waals surface area contributed by atoms with Crippen molar-refractivity contribution in [2.45, 2.75) is 71.0 Å². The van der Waals surface area contributed by atoms with Crippen molar-refractivity contribution < 1.29 is 13.0 Å². The van der Waals surface area contributed by atoms with E-state index in [0.29, 0.717) is 5.41 Å². The summed E-state index contributed by atoms with van der Waals surface area (Å²) in [5.74, 6) is 0.788. The van der Waals surface area contributed by atoms with Crippen molar-refractivity contribution >= 4 is 25.4 Å². The Morgan fingerprint density at radius 3 is 2.00 bits per heavy atom. The van der Waals surface area contributed by atoms with E-state index in [1.807, 2.05) is 0 Å². The molecule has 0 spiro atoms. The predicted octanol–water partition coefficient (Wildman–Crippen LogP) is 4.37. The van der Waals surface area contributed by atoms with Gasteiger partial charge in [-0.15, -0.1) is 0 Å². The van der Waals surface area contributed by atoms with Crippen LogP contribution in [0.5, 0.6) is 0 Å². The number of rotatable bonds is 7. The van der Waals surface area contributed by atoms with Crippen molar-refractivity contribution in [1.29, 1.82) is 0 Å². The molecule has 0 saturated heterocycles. The summed E-state index contributed by atoms with van der Waals surface area (Å²) in [4.78, 5) is 11.1. The maximum atomic E-state index is 11.1. The van der Waals surface area contributed by atoms with Crippen LogP contribution in [0.3, 0.4) is 0 Å². The van der Waals surface area contributed by atoms with Gasteiger partial charge in [-0.2, -0.15) is 0 Å². The second-order valence-corrected chi connectivity index (χ2v) is 20.9. The van der Waals surface area contributed by atoms with Crippen molar-refractivity contribution in [3.63, 3.8) is 0 Å². The molecular formula is C15H32O3Si3. The molecule has 1 fully saturated rings. The fraction of sp³-hybridized carbons (Fsp3) is 0.867. The molecule has 0 aromatic carbocycles. The van der Waals surface area contributed by atoms with Crippen molar-refractivity contribution in [1.82, 2.24) is 0 Å². The summed E-state index contributed by atoms with van der Waals surface area (Å²) in [5.41, 5.74) is 0.331. The highest BCUT2D eigenvalue weighted by Gasteiger charge is 2.48. The molecule has 1 N–H and O–H groups in total. The molecule has 2 unspecified atom stereocenters. The minimum atomic E-state index is -3.04. The minimum Gasteiger partial charge on any atom is -0.416 e. The van der Waals surface area contributed by atoms with Gasteiger partial charge in [-0.1, -0.05) is 12.2 Å². The topological polar surface area (TPSA) is 38.7 Å². The molecular weight excluding hydrogens is 312 g/mol. The normalized spacial score (nSPS) is 29.4. The van der Waals surface area contributed by atoms with Crippen LogP contribution in [0.25, 0.3) is 0 Å². The van der Waals surface area contributed by atoms with Gasteiger partial charge in [0.1, 0.15) is 0 Å². The zero-order valence-corrected chi connectivity index (χ0v) is 17.5. The van der Waals surface area contributed by atoms with E-state index in [-0.39, 0.29) is 0 Å². The van der Waals surface area contributed by atoms with Crippen LogP contribution in [-0.4, -0.2) is 30.2 Å². The highest BCUT2D eigenvalue weighted by Crippen LogP contribution is 2.52. The Bertz CT molecular complexity index is 395. The summed E-state index contributed by atoms with van der Waals surface area (Å²) in [6, 6.07) is 0.721. The summed E-state index contributed by atoms with van der Waals surface area (Å²) in [6.07, 6.45) is 9.68. The second kappa shape index (κ2) is 5.72. The summed E-state index contributed by atoms with van der Waals surface area (Å²) >= 11 is 0. The SMILES string of the molecule is C[Si](C)(C)O[Si](O)(CCC12C=CC(CC1)C2)O[Si](C)(C)C. The van der Waals surface area contributed by atoms with E-state index in [2.05, 4.69) is 51.4 Å². The molecule has 0 aliphatic heterocycles. The van der Waals surface area contributed by atoms with Gasteiger partial charge in [0, 0.05) is 6.04 Å². The van der Waals surface area contributed by atoms with Gasteiger partial charge in [-0.25, -0.2) is 0 Å². The summed E-state index contributed by atoms with van der Waals surface area (Å²) in [6.45, 7) is 12.8. The first-order chi connectivity index (χ1) is 9.41. The maximum Gasteiger partial charge on any atom is 0.477 e. The van der Waals surface area contributed by atoms with E-state index < -0.39 is 25.4 Å². The lowest BCUT2D eigenvalue weighted by Gasteiger charge is -2.37. The van der Waals surface area contributed by atoms with Gasteiger partial charge in [0.25, 0.3) is 0 Å². The van der Waals surface area contributed by atoms with Crippen LogP contribution in [0.1, 0.15) is 25.7 Å². The molecule has 0 radical (unpaired) electrons. The highest BCUT2D eigenvalue weighted by atomic mass is 28.5. The van der Waals surface area contributed by atoms with Crippen LogP contribution >= 0.6 is 0 Å². The van der Waals surface area contributed by atoms with Crippen LogP contribution < -0.4 is 0 Å². The third-order valence-electron chi connectivity index (χ3n) is 4.27. The van der Waals surface area contributed by atoms with Crippen molar-refractivity contribution in [2.75, 3.05) is 0 Å². The van der Waals surface area contributed by atoms with Gasteiger partial charge in [0.05, 0.1) is 0 Å². The average molecular weight is 345 g/mol. The smallest absolute Gasteiger partial charge is 0.416 e. The molecule has 2 atom stereocenters. The zero-order valence-electron chi connectivity index (χ0n) is 14.5. The monoisotopic (exact) mass is 344 g/mol. The molecule has 2 rings (SSSR count). The minimum absolute atomic E-state index is 0.331. The number of hydrogen-bond acceptors (Lipinski definition) is 3. The van der Waals surface area contributed by atoms with Gasteiger partial charge in [-0.05, 0) is 76.3 Å². The van der Waals surface area contributed by atoms with Crippen molar-refractivity contribution in [3.05, 3.63) is 12.2 Å². The molecule has 1 saturated carbocycles. The molecule has 2 bridgehead atoms. The van der Waals surface area contributed by atoms with Crippen LogP contribution in [0.15, 0.2) is 12.2 Å². The zero-order chi connectivity index (χ0) is 15.9. The quantitative estimate of drug-likeness (QED) is 0.550. The summed E-state index contributed by atoms with van der Waals surface area (Å²) in [5, 5.41) is 0. The molecule has 0 aromatic heterocycles. The van der Waals surface area contributed by atoms with E-state index in [0.717, 1.165) is 18.4 Å². The van der Waals surface area contributed by atoms with Gasteiger partial charge in [0.15, 0.2) is 16.6 Å². The lowest BCUT2D eigenvalue weighted by molar-refractivity contribution is 0.232. The fourth-order valence-corrected chi connectivity index (χ4v) is 13.5. The molecule has 0 heterocycles.